The lowest BCUT2D eigenvalue weighted by Crippen LogP contribution is -2.03. The predicted octanol–water partition coefficient (Wildman–Crippen LogP) is 2.89. The zero-order chi connectivity index (χ0) is 11.2. The lowest BCUT2D eigenvalue weighted by molar-refractivity contribution is -0.118. The van der Waals surface area contributed by atoms with Gasteiger partial charge in [0.25, 0.3) is 0 Å². The van der Waals surface area contributed by atoms with Crippen molar-refractivity contribution in [2.24, 2.45) is 0 Å². The highest BCUT2D eigenvalue weighted by Gasteiger charge is 2.04. The fourth-order valence-electron chi connectivity index (χ4n) is 1.53. The minimum absolute atomic E-state index is 0.291. The molecule has 16 heavy (non-hydrogen) atoms. The van der Waals surface area contributed by atoms with E-state index in [1.54, 1.807) is 23.7 Å². The number of hydrogen-bond donors (Lipinski definition) is 0. The minimum Gasteiger partial charge on any atom is -0.299 e. The summed E-state index contributed by atoms with van der Waals surface area (Å²) in [4.78, 5) is 16.9. The normalized spacial score (nSPS) is 10.2. The van der Waals surface area contributed by atoms with Gasteiger partial charge in [0.1, 0.15) is 5.78 Å². The molecule has 0 spiro atoms. The summed E-state index contributed by atoms with van der Waals surface area (Å²) in [6.45, 7) is 0. The van der Waals surface area contributed by atoms with E-state index in [4.69, 9.17) is 0 Å². The Balaban J connectivity index is 1.81. The van der Waals surface area contributed by atoms with Gasteiger partial charge in [0.15, 0.2) is 0 Å². The smallest absolute Gasteiger partial charge is 0.137 e. The molecule has 2 aromatic heterocycles. The number of pyridine rings is 1. The fourth-order valence-corrected chi connectivity index (χ4v) is 2.24. The van der Waals surface area contributed by atoms with E-state index >= 15 is 0 Å². The standard InChI is InChI=1S/C13H13NOS/c15-12(3-4-13-2-1-9-16-13)10-11-5-7-14-8-6-11/h1-2,5-9H,3-4,10H2. The van der Waals surface area contributed by atoms with E-state index in [1.807, 2.05) is 23.6 Å². The number of aromatic nitrogens is 1. The summed E-state index contributed by atoms with van der Waals surface area (Å²) < 4.78 is 0. The Morgan fingerprint density at radius 2 is 2.06 bits per heavy atom. The van der Waals surface area contributed by atoms with E-state index in [9.17, 15) is 4.79 Å². The number of rotatable bonds is 5. The molecule has 2 aromatic rings. The number of thiophene rings is 1. The number of Topliss-reactive ketones (excluding diaryl/α,β-unsaturated/α-hetero) is 1. The molecule has 0 aromatic carbocycles. The molecule has 0 amide bonds. The Hall–Kier alpha value is -1.48. The second-order valence-corrected chi connectivity index (χ2v) is 4.68. The molecule has 0 bridgehead atoms. The van der Waals surface area contributed by atoms with Crippen LogP contribution < -0.4 is 0 Å². The second-order valence-electron chi connectivity index (χ2n) is 3.65. The van der Waals surface area contributed by atoms with Crippen molar-refractivity contribution < 1.29 is 4.79 Å². The van der Waals surface area contributed by atoms with Crippen LogP contribution in [-0.2, 0) is 17.6 Å². The van der Waals surface area contributed by atoms with Crippen molar-refractivity contribution in [2.75, 3.05) is 0 Å². The third-order valence-electron chi connectivity index (χ3n) is 2.38. The molecule has 0 N–H and O–H groups in total. The first-order chi connectivity index (χ1) is 7.84. The van der Waals surface area contributed by atoms with Crippen LogP contribution in [0.3, 0.4) is 0 Å². The number of carbonyl (C=O) groups excluding carboxylic acids is 1. The highest BCUT2D eigenvalue weighted by molar-refractivity contribution is 7.09. The van der Waals surface area contributed by atoms with E-state index in [0.717, 1.165) is 12.0 Å². The Bertz CT molecular complexity index is 436. The van der Waals surface area contributed by atoms with E-state index in [-0.39, 0.29) is 0 Å². The summed E-state index contributed by atoms with van der Waals surface area (Å²) in [5.41, 5.74) is 1.05. The van der Waals surface area contributed by atoms with Crippen LogP contribution in [0.1, 0.15) is 16.9 Å². The van der Waals surface area contributed by atoms with Gasteiger partial charge in [-0.25, -0.2) is 0 Å². The number of carbonyl (C=O) groups is 1. The molecule has 0 unspecified atom stereocenters. The fraction of sp³-hybridized carbons (Fsp3) is 0.231. The van der Waals surface area contributed by atoms with Crippen LogP contribution in [0, 0.1) is 0 Å². The van der Waals surface area contributed by atoms with Crippen LogP contribution in [0.25, 0.3) is 0 Å². The van der Waals surface area contributed by atoms with E-state index in [0.29, 0.717) is 18.6 Å². The Morgan fingerprint density at radius 3 is 2.75 bits per heavy atom. The van der Waals surface area contributed by atoms with Crippen LogP contribution in [0.15, 0.2) is 42.0 Å². The average molecular weight is 231 g/mol. The van der Waals surface area contributed by atoms with Crippen molar-refractivity contribution in [1.82, 2.24) is 4.98 Å². The first kappa shape index (κ1) is 11.0. The molecule has 2 nitrogen and oxygen atoms in total. The summed E-state index contributed by atoms with van der Waals surface area (Å²) in [5, 5.41) is 2.04. The molecule has 0 aliphatic heterocycles. The van der Waals surface area contributed by atoms with E-state index in [2.05, 4.69) is 11.1 Å². The largest absolute Gasteiger partial charge is 0.299 e. The van der Waals surface area contributed by atoms with E-state index < -0.39 is 0 Å². The van der Waals surface area contributed by atoms with Crippen molar-refractivity contribution in [2.45, 2.75) is 19.3 Å². The molecular weight excluding hydrogens is 218 g/mol. The number of hydrogen-bond acceptors (Lipinski definition) is 3. The zero-order valence-corrected chi connectivity index (χ0v) is 9.74. The first-order valence-corrected chi connectivity index (χ1v) is 6.15. The topological polar surface area (TPSA) is 30.0 Å². The summed E-state index contributed by atoms with van der Waals surface area (Å²) in [6, 6.07) is 7.88. The lowest BCUT2D eigenvalue weighted by Gasteiger charge is -1.99. The van der Waals surface area contributed by atoms with Crippen molar-refractivity contribution in [3.63, 3.8) is 0 Å². The first-order valence-electron chi connectivity index (χ1n) is 5.27. The third kappa shape index (κ3) is 3.28. The average Bonchev–Trinajstić information content (AvgIpc) is 2.81. The number of ketones is 1. The quantitative estimate of drug-likeness (QED) is 0.792. The summed E-state index contributed by atoms with van der Waals surface area (Å²) in [6.07, 6.45) is 5.46. The Labute approximate surface area is 99.0 Å². The second kappa shape index (κ2) is 5.56. The predicted molar refractivity (Wildman–Crippen MR) is 65.6 cm³/mol. The summed E-state index contributed by atoms with van der Waals surface area (Å²) in [5.74, 6) is 0.291. The molecule has 0 saturated carbocycles. The SMILES string of the molecule is O=C(CCc1cccs1)Cc1ccncc1. The van der Waals surface area contributed by atoms with Gasteiger partial charge < -0.3 is 0 Å². The maximum Gasteiger partial charge on any atom is 0.137 e. The van der Waals surface area contributed by atoms with Gasteiger partial charge in [0, 0.05) is 30.1 Å². The molecule has 0 saturated heterocycles. The Morgan fingerprint density at radius 1 is 1.25 bits per heavy atom. The molecule has 0 aliphatic rings. The minimum atomic E-state index is 0.291. The van der Waals surface area contributed by atoms with Gasteiger partial charge in [-0.1, -0.05) is 6.07 Å². The summed E-state index contributed by atoms with van der Waals surface area (Å²) >= 11 is 1.71. The van der Waals surface area contributed by atoms with Crippen LogP contribution >= 0.6 is 11.3 Å². The van der Waals surface area contributed by atoms with Gasteiger partial charge in [-0.3, -0.25) is 9.78 Å². The number of aryl methyl sites for hydroxylation is 1. The van der Waals surface area contributed by atoms with Gasteiger partial charge in [-0.2, -0.15) is 0 Å². The maximum absolute atomic E-state index is 11.7. The van der Waals surface area contributed by atoms with Crippen molar-refractivity contribution >= 4 is 17.1 Å². The zero-order valence-electron chi connectivity index (χ0n) is 8.93. The van der Waals surface area contributed by atoms with Crippen LogP contribution in [0.4, 0.5) is 0 Å². The van der Waals surface area contributed by atoms with Crippen molar-refractivity contribution in [3.8, 4) is 0 Å². The molecule has 0 radical (unpaired) electrons. The van der Waals surface area contributed by atoms with Gasteiger partial charge in [0.05, 0.1) is 0 Å². The van der Waals surface area contributed by atoms with Gasteiger partial charge in [0.2, 0.25) is 0 Å². The van der Waals surface area contributed by atoms with Crippen LogP contribution in [-0.4, -0.2) is 10.8 Å². The highest BCUT2D eigenvalue weighted by atomic mass is 32.1. The van der Waals surface area contributed by atoms with Crippen molar-refractivity contribution in [1.29, 1.82) is 0 Å². The third-order valence-corrected chi connectivity index (χ3v) is 3.32. The molecule has 0 atom stereocenters. The van der Waals surface area contributed by atoms with Crippen LogP contribution in [0.5, 0.6) is 0 Å². The van der Waals surface area contributed by atoms with E-state index in [1.165, 1.54) is 4.88 Å². The molecule has 0 aliphatic carbocycles. The molecule has 2 heterocycles. The maximum atomic E-state index is 11.7. The Kier molecular flexibility index (Phi) is 3.83. The van der Waals surface area contributed by atoms with Gasteiger partial charge in [-0.15, -0.1) is 11.3 Å². The lowest BCUT2D eigenvalue weighted by atomic mass is 10.1. The highest BCUT2D eigenvalue weighted by Crippen LogP contribution is 2.12. The summed E-state index contributed by atoms with van der Waals surface area (Å²) in [7, 11) is 0. The van der Waals surface area contributed by atoms with Gasteiger partial charge >= 0.3 is 0 Å². The molecule has 0 fully saturated rings. The van der Waals surface area contributed by atoms with Crippen LogP contribution in [0.2, 0.25) is 0 Å². The molecule has 3 heteroatoms. The molecule has 82 valence electrons. The molecule has 2 rings (SSSR count). The molecular formula is C13H13NOS. The van der Waals surface area contributed by atoms with Crippen molar-refractivity contribution in [3.05, 3.63) is 52.5 Å². The number of nitrogens with zero attached hydrogens (tertiary/aromatic N) is 1. The monoisotopic (exact) mass is 231 g/mol. The van der Waals surface area contributed by atoms with Gasteiger partial charge in [-0.05, 0) is 35.6 Å².